The number of anilines is 2. The summed E-state index contributed by atoms with van der Waals surface area (Å²) in [5.41, 5.74) is 0. The number of nitrogens with zero attached hydrogens (tertiary/aromatic N) is 3. The Balaban J connectivity index is 1.78. The summed E-state index contributed by atoms with van der Waals surface area (Å²) >= 11 is 0. The zero-order chi connectivity index (χ0) is 18.8. The van der Waals surface area contributed by atoms with Gasteiger partial charge in [-0.25, -0.2) is 9.97 Å². The van der Waals surface area contributed by atoms with Crippen molar-refractivity contribution >= 4 is 17.5 Å². The minimum absolute atomic E-state index is 0.191. The molecule has 0 aliphatic carbocycles. The number of hydrogen-bond acceptors (Lipinski definition) is 5. The van der Waals surface area contributed by atoms with Crippen LogP contribution in [0, 0.1) is 11.8 Å². The van der Waals surface area contributed by atoms with Gasteiger partial charge in [-0.1, -0.05) is 20.8 Å². The fourth-order valence-electron chi connectivity index (χ4n) is 3.30. The molecule has 1 aromatic rings. The molecule has 0 spiro atoms. The normalized spacial score (nSPS) is 17.4. The van der Waals surface area contributed by atoms with Crippen molar-refractivity contribution in [2.24, 2.45) is 11.8 Å². The predicted molar refractivity (Wildman–Crippen MR) is 107 cm³/mol. The van der Waals surface area contributed by atoms with E-state index in [1.54, 1.807) is 6.33 Å². The van der Waals surface area contributed by atoms with E-state index in [9.17, 15) is 4.79 Å². The number of carbonyl (C=O) groups is 1. The van der Waals surface area contributed by atoms with Crippen molar-refractivity contribution < 1.29 is 4.79 Å². The summed E-state index contributed by atoms with van der Waals surface area (Å²) in [6.45, 7) is 10.2. The van der Waals surface area contributed by atoms with Gasteiger partial charge < -0.3 is 15.5 Å². The van der Waals surface area contributed by atoms with Crippen LogP contribution >= 0.6 is 0 Å². The number of piperidine rings is 1. The van der Waals surface area contributed by atoms with E-state index in [0.29, 0.717) is 18.3 Å². The second-order valence-corrected chi connectivity index (χ2v) is 7.71. The number of hydrogen-bond donors (Lipinski definition) is 2. The van der Waals surface area contributed by atoms with Crippen LogP contribution in [0.5, 0.6) is 0 Å². The number of amides is 1. The van der Waals surface area contributed by atoms with Crippen LogP contribution in [0.15, 0.2) is 12.4 Å². The minimum atomic E-state index is 0.191. The lowest BCUT2D eigenvalue weighted by molar-refractivity contribution is -0.121. The molecule has 1 unspecified atom stereocenters. The molecule has 1 fully saturated rings. The SMILES string of the molecule is CCCNc1cc(N2CCCC(CCC(=O)NCCC(C)C)C2)ncn1. The molecule has 0 saturated carbocycles. The van der Waals surface area contributed by atoms with Gasteiger partial charge in [0.1, 0.15) is 18.0 Å². The Morgan fingerprint density at radius 1 is 1.35 bits per heavy atom. The Morgan fingerprint density at radius 3 is 2.96 bits per heavy atom. The molecule has 1 aliphatic rings. The first-order valence-electron chi connectivity index (χ1n) is 10.2. The highest BCUT2D eigenvalue weighted by Crippen LogP contribution is 2.25. The third-order valence-corrected chi connectivity index (χ3v) is 4.88. The first-order valence-corrected chi connectivity index (χ1v) is 10.2. The smallest absolute Gasteiger partial charge is 0.220 e. The van der Waals surface area contributed by atoms with E-state index in [-0.39, 0.29) is 5.91 Å². The molecule has 1 amide bonds. The predicted octanol–water partition coefficient (Wildman–Crippen LogP) is 3.46. The van der Waals surface area contributed by atoms with Gasteiger partial charge >= 0.3 is 0 Å². The van der Waals surface area contributed by atoms with Crippen LogP contribution in [0.4, 0.5) is 11.6 Å². The first-order chi connectivity index (χ1) is 12.6. The van der Waals surface area contributed by atoms with Crippen LogP contribution in [-0.2, 0) is 4.79 Å². The second kappa shape index (κ2) is 11.0. The second-order valence-electron chi connectivity index (χ2n) is 7.71. The fourth-order valence-corrected chi connectivity index (χ4v) is 3.30. The van der Waals surface area contributed by atoms with E-state index in [0.717, 1.165) is 63.5 Å². The van der Waals surface area contributed by atoms with Crippen molar-refractivity contribution in [1.29, 1.82) is 0 Å². The van der Waals surface area contributed by atoms with E-state index in [1.807, 2.05) is 6.07 Å². The summed E-state index contributed by atoms with van der Waals surface area (Å²) in [6, 6.07) is 2.04. The first kappa shape index (κ1) is 20.5. The quantitative estimate of drug-likeness (QED) is 0.668. The Kier molecular flexibility index (Phi) is 8.65. The molecule has 6 nitrogen and oxygen atoms in total. The van der Waals surface area contributed by atoms with Crippen molar-refractivity contribution in [3.63, 3.8) is 0 Å². The lowest BCUT2D eigenvalue weighted by atomic mass is 9.93. The molecule has 1 aliphatic heterocycles. The summed E-state index contributed by atoms with van der Waals surface area (Å²) in [5, 5.41) is 6.36. The van der Waals surface area contributed by atoms with Crippen LogP contribution < -0.4 is 15.5 Å². The summed E-state index contributed by atoms with van der Waals surface area (Å²) in [7, 11) is 0. The van der Waals surface area contributed by atoms with Gasteiger partial charge in [-0.2, -0.15) is 0 Å². The third-order valence-electron chi connectivity index (χ3n) is 4.88. The highest BCUT2D eigenvalue weighted by molar-refractivity contribution is 5.75. The highest BCUT2D eigenvalue weighted by Gasteiger charge is 2.22. The molecular weight excluding hydrogens is 326 g/mol. The molecule has 0 radical (unpaired) electrons. The average molecular weight is 362 g/mol. The average Bonchev–Trinajstić information content (AvgIpc) is 2.65. The Hall–Kier alpha value is -1.85. The van der Waals surface area contributed by atoms with Gasteiger partial charge in [0.2, 0.25) is 5.91 Å². The largest absolute Gasteiger partial charge is 0.370 e. The van der Waals surface area contributed by atoms with Crippen molar-refractivity contribution in [1.82, 2.24) is 15.3 Å². The van der Waals surface area contributed by atoms with E-state index in [2.05, 4.69) is 46.3 Å². The number of carbonyl (C=O) groups excluding carboxylic acids is 1. The molecule has 26 heavy (non-hydrogen) atoms. The molecule has 0 bridgehead atoms. The van der Waals surface area contributed by atoms with E-state index in [1.165, 1.54) is 6.42 Å². The van der Waals surface area contributed by atoms with Gasteiger partial charge in [0, 0.05) is 38.7 Å². The van der Waals surface area contributed by atoms with Gasteiger partial charge in [0.15, 0.2) is 0 Å². The lowest BCUT2D eigenvalue weighted by Crippen LogP contribution is -2.36. The van der Waals surface area contributed by atoms with Gasteiger partial charge in [0.05, 0.1) is 0 Å². The number of aromatic nitrogens is 2. The summed E-state index contributed by atoms with van der Waals surface area (Å²) < 4.78 is 0. The molecule has 2 rings (SSSR count). The fraction of sp³-hybridized carbons (Fsp3) is 0.750. The molecule has 1 aromatic heterocycles. The Labute approximate surface area is 158 Å². The maximum absolute atomic E-state index is 12.0. The summed E-state index contributed by atoms with van der Waals surface area (Å²) in [5.74, 6) is 3.26. The summed E-state index contributed by atoms with van der Waals surface area (Å²) in [6.07, 6.45) is 7.69. The number of rotatable bonds is 10. The van der Waals surface area contributed by atoms with Crippen molar-refractivity contribution in [2.45, 2.75) is 59.3 Å². The van der Waals surface area contributed by atoms with Crippen molar-refractivity contribution in [2.75, 3.05) is 36.4 Å². The van der Waals surface area contributed by atoms with E-state index in [4.69, 9.17) is 0 Å². The van der Waals surface area contributed by atoms with Crippen molar-refractivity contribution in [3.8, 4) is 0 Å². The standard InChI is InChI=1S/C20H35N5O/c1-4-10-21-18-13-19(24-15-23-18)25-12-5-6-17(14-25)7-8-20(26)22-11-9-16(2)3/h13,15-17H,4-12,14H2,1-3H3,(H,22,26)(H,21,23,24). The maximum atomic E-state index is 12.0. The monoisotopic (exact) mass is 361 g/mol. The molecule has 1 atom stereocenters. The van der Waals surface area contributed by atoms with Crippen LogP contribution in [0.1, 0.15) is 59.3 Å². The molecule has 146 valence electrons. The topological polar surface area (TPSA) is 70.2 Å². The summed E-state index contributed by atoms with van der Waals surface area (Å²) in [4.78, 5) is 23.1. The van der Waals surface area contributed by atoms with Crippen LogP contribution in [0.2, 0.25) is 0 Å². The Morgan fingerprint density at radius 2 is 2.19 bits per heavy atom. The molecular formula is C20H35N5O. The maximum Gasteiger partial charge on any atom is 0.220 e. The lowest BCUT2D eigenvalue weighted by Gasteiger charge is -2.33. The molecule has 2 N–H and O–H groups in total. The van der Waals surface area contributed by atoms with Gasteiger partial charge in [-0.15, -0.1) is 0 Å². The third kappa shape index (κ3) is 7.18. The molecule has 1 saturated heterocycles. The minimum Gasteiger partial charge on any atom is -0.370 e. The van der Waals surface area contributed by atoms with Gasteiger partial charge in [-0.3, -0.25) is 4.79 Å². The Bertz CT molecular complexity index is 549. The van der Waals surface area contributed by atoms with E-state index < -0.39 is 0 Å². The number of nitrogens with one attached hydrogen (secondary N) is 2. The van der Waals surface area contributed by atoms with Crippen LogP contribution in [0.3, 0.4) is 0 Å². The van der Waals surface area contributed by atoms with Crippen molar-refractivity contribution in [3.05, 3.63) is 12.4 Å². The molecule has 0 aromatic carbocycles. The van der Waals surface area contributed by atoms with Gasteiger partial charge in [0.25, 0.3) is 0 Å². The zero-order valence-corrected chi connectivity index (χ0v) is 16.6. The van der Waals surface area contributed by atoms with Crippen LogP contribution in [-0.4, -0.2) is 42.1 Å². The van der Waals surface area contributed by atoms with Gasteiger partial charge in [-0.05, 0) is 43.9 Å². The highest BCUT2D eigenvalue weighted by atomic mass is 16.1. The van der Waals surface area contributed by atoms with E-state index >= 15 is 0 Å². The molecule has 6 heteroatoms. The molecule has 2 heterocycles. The zero-order valence-electron chi connectivity index (χ0n) is 16.6. The van der Waals surface area contributed by atoms with Crippen LogP contribution in [0.25, 0.3) is 0 Å².